The quantitative estimate of drug-likeness (QED) is 0.109. The maximum atomic E-state index is 2.51. The standard InChI is InChI=1S/C32H66/c1-5-7-9-11-13-15-16-17-18-19-21-23-25-27-29-32(4)30-31(3)28-26-24-22-20-14-12-10-8-6-2/h31-32H,5-30H2,1-4H3. The van der Waals surface area contributed by atoms with Crippen LogP contribution in [-0.2, 0) is 0 Å². The van der Waals surface area contributed by atoms with E-state index < -0.39 is 0 Å². The van der Waals surface area contributed by atoms with E-state index in [0.717, 1.165) is 11.8 Å². The van der Waals surface area contributed by atoms with Crippen LogP contribution >= 0.6 is 0 Å². The van der Waals surface area contributed by atoms with Crippen LogP contribution in [0, 0.1) is 11.8 Å². The second-order valence-corrected chi connectivity index (χ2v) is 11.4. The van der Waals surface area contributed by atoms with E-state index in [1.54, 1.807) is 0 Å². The Morgan fingerprint density at radius 1 is 0.312 bits per heavy atom. The van der Waals surface area contributed by atoms with Gasteiger partial charge in [-0.1, -0.05) is 188 Å². The molecule has 0 amide bonds. The summed E-state index contributed by atoms with van der Waals surface area (Å²) in [6.45, 7) is 9.63. The van der Waals surface area contributed by atoms with E-state index in [2.05, 4.69) is 27.7 Å². The van der Waals surface area contributed by atoms with Crippen molar-refractivity contribution in [2.75, 3.05) is 0 Å². The predicted octanol–water partition coefficient (Wildman–Crippen LogP) is 12.4. The Kier molecular flexibility index (Phi) is 27.2. The molecule has 32 heavy (non-hydrogen) atoms. The average molecular weight is 451 g/mol. The van der Waals surface area contributed by atoms with Gasteiger partial charge < -0.3 is 0 Å². The highest BCUT2D eigenvalue weighted by atomic mass is 14.1. The minimum absolute atomic E-state index is 0.945. The first-order valence-electron chi connectivity index (χ1n) is 15.7. The number of hydrogen-bond donors (Lipinski definition) is 0. The molecule has 0 saturated heterocycles. The Labute approximate surface area is 206 Å². The molecule has 0 spiro atoms. The Morgan fingerprint density at radius 3 is 0.781 bits per heavy atom. The molecule has 0 aromatic heterocycles. The summed E-state index contributed by atoms with van der Waals surface area (Å²) in [5, 5.41) is 0. The number of hydrogen-bond acceptors (Lipinski definition) is 0. The number of unbranched alkanes of at least 4 members (excludes halogenated alkanes) is 21. The van der Waals surface area contributed by atoms with Gasteiger partial charge in [0.1, 0.15) is 0 Å². The van der Waals surface area contributed by atoms with Crippen LogP contribution in [0.3, 0.4) is 0 Å². The fourth-order valence-corrected chi connectivity index (χ4v) is 5.41. The average Bonchev–Trinajstić information content (AvgIpc) is 2.78. The Balaban J connectivity index is 3.27. The zero-order valence-electron chi connectivity index (χ0n) is 23.5. The van der Waals surface area contributed by atoms with Crippen molar-refractivity contribution in [1.29, 1.82) is 0 Å². The molecule has 0 aromatic rings. The molecule has 194 valence electrons. The van der Waals surface area contributed by atoms with Crippen LogP contribution in [0.15, 0.2) is 0 Å². The molecule has 0 nitrogen and oxygen atoms in total. The highest BCUT2D eigenvalue weighted by Gasteiger charge is 2.08. The van der Waals surface area contributed by atoms with Crippen LogP contribution in [0.5, 0.6) is 0 Å². The van der Waals surface area contributed by atoms with Crippen molar-refractivity contribution in [2.24, 2.45) is 11.8 Å². The summed E-state index contributed by atoms with van der Waals surface area (Å²) in [4.78, 5) is 0. The van der Waals surface area contributed by atoms with Crippen LogP contribution in [0.1, 0.15) is 195 Å². The first kappa shape index (κ1) is 32.0. The first-order valence-corrected chi connectivity index (χ1v) is 15.7. The van der Waals surface area contributed by atoms with E-state index >= 15 is 0 Å². The van der Waals surface area contributed by atoms with Gasteiger partial charge in [-0.15, -0.1) is 0 Å². The zero-order chi connectivity index (χ0) is 23.5. The maximum absolute atomic E-state index is 2.51. The third-order valence-electron chi connectivity index (χ3n) is 7.66. The maximum Gasteiger partial charge on any atom is -0.0440 e. The van der Waals surface area contributed by atoms with Gasteiger partial charge in [-0.05, 0) is 18.3 Å². The summed E-state index contributed by atoms with van der Waals surface area (Å²) in [6, 6.07) is 0. The summed E-state index contributed by atoms with van der Waals surface area (Å²) in [7, 11) is 0. The second kappa shape index (κ2) is 27.2. The van der Waals surface area contributed by atoms with E-state index in [0.29, 0.717) is 0 Å². The van der Waals surface area contributed by atoms with E-state index in [-0.39, 0.29) is 0 Å². The lowest BCUT2D eigenvalue weighted by atomic mass is 9.89. The molecule has 0 aromatic carbocycles. The monoisotopic (exact) mass is 451 g/mol. The molecule has 0 saturated carbocycles. The molecular weight excluding hydrogens is 384 g/mol. The van der Waals surface area contributed by atoms with Gasteiger partial charge in [0.15, 0.2) is 0 Å². The Hall–Kier alpha value is 0. The topological polar surface area (TPSA) is 0 Å². The van der Waals surface area contributed by atoms with Gasteiger partial charge in [0.05, 0.1) is 0 Å². The van der Waals surface area contributed by atoms with Gasteiger partial charge in [0, 0.05) is 0 Å². The van der Waals surface area contributed by atoms with Crippen LogP contribution in [0.4, 0.5) is 0 Å². The Morgan fingerprint density at radius 2 is 0.531 bits per heavy atom. The van der Waals surface area contributed by atoms with Crippen molar-refractivity contribution < 1.29 is 0 Å². The molecule has 2 atom stereocenters. The van der Waals surface area contributed by atoms with Crippen LogP contribution in [-0.4, -0.2) is 0 Å². The van der Waals surface area contributed by atoms with Crippen LogP contribution in [0.25, 0.3) is 0 Å². The van der Waals surface area contributed by atoms with E-state index in [1.165, 1.54) is 167 Å². The number of rotatable bonds is 27. The van der Waals surface area contributed by atoms with Crippen molar-refractivity contribution in [2.45, 2.75) is 195 Å². The third-order valence-corrected chi connectivity index (χ3v) is 7.66. The molecule has 0 radical (unpaired) electrons. The molecule has 0 rings (SSSR count). The van der Waals surface area contributed by atoms with Gasteiger partial charge in [-0.3, -0.25) is 0 Å². The van der Waals surface area contributed by atoms with Crippen molar-refractivity contribution in [3.63, 3.8) is 0 Å². The molecule has 0 heterocycles. The van der Waals surface area contributed by atoms with Crippen molar-refractivity contribution >= 4 is 0 Å². The van der Waals surface area contributed by atoms with Gasteiger partial charge in [-0.25, -0.2) is 0 Å². The third kappa shape index (κ3) is 26.3. The fraction of sp³-hybridized carbons (Fsp3) is 1.00. The Bertz CT molecular complexity index is 320. The molecule has 0 aliphatic heterocycles. The van der Waals surface area contributed by atoms with Crippen molar-refractivity contribution in [1.82, 2.24) is 0 Å². The summed E-state index contributed by atoms with van der Waals surface area (Å²) >= 11 is 0. The fourth-order valence-electron chi connectivity index (χ4n) is 5.41. The molecule has 0 fully saturated rings. The van der Waals surface area contributed by atoms with Gasteiger partial charge in [0.2, 0.25) is 0 Å². The second-order valence-electron chi connectivity index (χ2n) is 11.4. The highest BCUT2D eigenvalue weighted by Crippen LogP contribution is 2.23. The van der Waals surface area contributed by atoms with Crippen LogP contribution in [0.2, 0.25) is 0 Å². The minimum atomic E-state index is 0.945. The molecule has 0 aliphatic rings. The molecular formula is C32H66. The smallest absolute Gasteiger partial charge is 0.0440 e. The molecule has 0 heteroatoms. The summed E-state index contributed by atoms with van der Waals surface area (Å²) in [5.74, 6) is 1.89. The zero-order valence-corrected chi connectivity index (χ0v) is 23.5. The SMILES string of the molecule is CCCCCCCCCCCCCCCCC(C)CC(C)CCCCCCCCCCC. The van der Waals surface area contributed by atoms with Crippen molar-refractivity contribution in [3.05, 3.63) is 0 Å². The summed E-state index contributed by atoms with van der Waals surface area (Å²) in [5.41, 5.74) is 0. The van der Waals surface area contributed by atoms with Crippen LogP contribution < -0.4 is 0 Å². The molecule has 0 N–H and O–H groups in total. The molecule has 0 bridgehead atoms. The lowest BCUT2D eigenvalue weighted by Gasteiger charge is -2.17. The van der Waals surface area contributed by atoms with E-state index in [9.17, 15) is 0 Å². The first-order chi connectivity index (χ1) is 15.7. The van der Waals surface area contributed by atoms with E-state index in [4.69, 9.17) is 0 Å². The van der Waals surface area contributed by atoms with Gasteiger partial charge in [-0.2, -0.15) is 0 Å². The highest BCUT2D eigenvalue weighted by molar-refractivity contribution is 4.61. The van der Waals surface area contributed by atoms with Gasteiger partial charge in [0.25, 0.3) is 0 Å². The lowest BCUT2D eigenvalue weighted by molar-refractivity contribution is 0.356. The largest absolute Gasteiger partial charge is 0.0654 e. The minimum Gasteiger partial charge on any atom is -0.0654 e. The van der Waals surface area contributed by atoms with Gasteiger partial charge >= 0.3 is 0 Å². The predicted molar refractivity (Wildman–Crippen MR) is 150 cm³/mol. The molecule has 0 aliphatic carbocycles. The molecule has 2 unspecified atom stereocenters. The van der Waals surface area contributed by atoms with Crippen molar-refractivity contribution in [3.8, 4) is 0 Å². The summed E-state index contributed by atoms with van der Waals surface area (Å²) in [6.07, 6.45) is 38.1. The van der Waals surface area contributed by atoms with E-state index in [1.807, 2.05) is 0 Å². The normalized spacial score (nSPS) is 13.5. The summed E-state index contributed by atoms with van der Waals surface area (Å²) < 4.78 is 0. The lowest BCUT2D eigenvalue weighted by Crippen LogP contribution is -2.03.